The maximum absolute atomic E-state index is 12.3. The van der Waals surface area contributed by atoms with E-state index in [0.717, 1.165) is 16.7 Å². The number of anilines is 1. The number of hydrogen-bond donors (Lipinski definition) is 2. The van der Waals surface area contributed by atoms with Gasteiger partial charge in [0.15, 0.2) is 0 Å². The topological polar surface area (TPSA) is 58.2 Å². The van der Waals surface area contributed by atoms with Crippen LogP contribution in [-0.4, -0.2) is 15.5 Å². The van der Waals surface area contributed by atoms with Crippen LogP contribution >= 0.6 is 0 Å². The summed E-state index contributed by atoms with van der Waals surface area (Å²) in [5.41, 5.74) is 3.81. The van der Waals surface area contributed by atoms with Gasteiger partial charge in [-0.25, -0.2) is 8.42 Å². The summed E-state index contributed by atoms with van der Waals surface area (Å²) in [5, 5.41) is 3.03. The Kier molecular flexibility index (Phi) is 4.65. The van der Waals surface area contributed by atoms with Crippen molar-refractivity contribution in [1.29, 1.82) is 0 Å². The lowest BCUT2D eigenvalue weighted by molar-refractivity contribution is 0.601. The van der Waals surface area contributed by atoms with E-state index in [2.05, 4.69) is 10.0 Å². The lowest BCUT2D eigenvalue weighted by atomic mass is 10.1. The number of aryl methyl sites for hydroxylation is 2. The molecule has 0 aliphatic heterocycles. The van der Waals surface area contributed by atoms with Crippen LogP contribution in [0.2, 0.25) is 0 Å². The Balaban J connectivity index is 2.23. The van der Waals surface area contributed by atoms with Crippen molar-refractivity contribution in [3.8, 4) is 0 Å². The number of sulfonamides is 1. The molecule has 0 aromatic heterocycles. The van der Waals surface area contributed by atoms with Crippen molar-refractivity contribution in [1.82, 2.24) is 5.32 Å². The minimum absolute atomic E-state index is 0.264. The van der Waals surface area contributed by atoms with Crippen LogP contribution < -0.4 is 10.0 Å². The SMILES string of the molecule is CNCc1ccc(S(=O)(=O)Nc2ccc(C)c(C)c2)cc1. The maximum atomic E-state index is 12.3. The van der Waals surface area contributed by atoms with Crippen molar-refractivity contribution >= 4 is 15.7 Å². The first-order valence-corrected chi connectivity index (χ1v) is 8.24. The fourth-order valence-corrected chi connectivity index (χ4v) is 3.06. The van der Waals surface area contributed by atoms with Crippen LogP contribution in [0.3, 0.4) is 0 Å². The molecule has 2 aromatic rings. The predicted molar refractivity (Wildman–Crippen MR) is 85.9 cm³/mol. The van der Waals surface area contributed by atoms with E-state index in [1.807, 2.05) is 45.2 Å². The van der Waals surface area contributed by atoms with Crippen LogP contribution in [0.25, 0.3) is 0 Å². The first-order valence-electron chi connectivity index (χ1n) is 6.76. The summed E-state index contributed by atoms with van der Waals surface area (Å²) in [6.45, 7) is 4.67. The molecule has 4 nitrogen and oxygen atoms in total. The summed E-state index contributed by atoms with van der Waals surface area (Å²) in [6.07, 6.45) is 0. The van der Waals surface area contributed by atoms with Gasteiger partial charge < -0.3 is 5.32 Å². The first-order chi connectivity index (χ1) is 9.92. The first kappa shape index (κ1) is 15.5. The van der Waals surface area contributed by atoms with Crippen LogP contribution in [0.5, 0.6) is 0 Å². The third kappa shape index (κ3) is 3.83. The Bertz CT molecular complexity index is 722. The molecule has 2 N–H and O–H groups in total. The summed E-state index contributed by atoms with van der Waals surface area (Å²) < 4.78 is 27.3. The molecule has 0 amide bonds. The molecule has 0 saturated heterocycles. The molecular weight excluding hydrogens is 284 g/mol. The fraction of sp³-hybridized carbons (Fsp3) is 0.250. The minimum Gasteiger partial charge on any atom is -0.316 e. The summed E-state index contributed by atoms with van der Waals surface area (Å²) >= 11 is 0. The Labute approximate surface area is 126 Å². The zero-order valence-corrected chi connectivity index (χ0v) is 13.3. The standard InChI is InChI=1S/C16H20N2O2S/c1-12-4-7-15(10-13(12)2)18-21(19,20)16-8-5-14(6-9-16)11-17-3/h4-10,17-18H,11H2,1-3H3. The molecule has 21 heavy (non-hydrogen) atoms. The summed E-state index contributed by atoms with van der Waals surface area (Å²) in [4.78, 5) is 0.264. The van der Waals surface area contributed by atoms with Crippen LogP contribution in [-0.2, 0) is 16.6 Å². The molecule has 0 spiro atoms. The van der Waals surface area contributed by atoms with Gasteiger partial charge in [0.1, 0.15) is 0 Å². The highest BCUT2D eigenvalue weighted by Crippen LogP contribution is 2.19. The molecule has 5 heteroatoms. The van der Waals surface area contributed by atoms with Gasteiger partial charge in [-0.05, 0) is 61.9 Å². The molecule has 0 unspecified atom stereocenters. The van der Waals surface area contributed by atoms with Gasteiger partial charge in [0.05, 0.1) is 4.90 Å². The van der Waals surface area contributed by atoms with Crippen molar-refractivity contribution in [2.75, 3.05) is 11.8 Å². The Morgan fingerprint density at radius 3 is 2.19 bits per heavy atom. The molecule has 0 radical (unpaired) electrons. The van der Waals surface area contributed by atoms with Gasteiger partial charge in [-0.3, -0.25) is 4.72 Å². The number of hydrogen-bond acceptors (Lipinski definition) is 3. The van der Waals surface area contributed by atoms with Crippen molar-refractivity contribution in [3.63, 3.8) is 0 Å². The zero-order valence-electron chi connectivity index (χ0n) is 12.5. The average Bonchev–Trinajstić information content (AvgIpc) is 2.44. The molecule has 0 aliphatic carbocycles. The highest BCUT2D eigenvalue weighted by atomic mass is 32.2. The number of rotatable bonds is 5. The largest absolute Gasteiger partial charge is 0.316 e. The molecular formula is C16H20N2O2S. The number of nitrogens with one attached hydrogen (secondary N) is 2. The van der Waals surface area contributed by atoms with E-state index in [1.54, 1.807) is 18.2 Å². The van der Waals surface area contributed by atoms with Gasteiger partial charge in [0.25, 0.3) is 10.0 Å². The van der Waals surface area contributed by atoms with E-state index in [9.17, 15) is 8.42 Å². The van der Waals surface area contributed by atoms with E-state index in [1.165, 1.54) is 0 Å². The van der Waals surface area contributed by atoms with E-state index < -0.39 is 10.0 Å². The summed E-state index contributed by atoms with van der Waals surface area (Å²) in [6, 6.07) is 12.4. The van der Waals surface area contributed by atoms with Gasteiger partial charge in [-0.2, -0.15) is 0 Å². The highest BCUT2D eigenvalue weighted by Gasteiger charge is 2.14. The Hall–Kier alpha value is -1.85. The van der Waals surface area contributed by atoms with E-state index in [-0.39, 0.29) is 4.90 Å². The normalized spacial score (nSPS) is 11.4. The lowest BCUT2D eigenvalue weighted by Gasteiger charge is -2.10. The Morgan fingerprint density at radius 2 is 1.62 bits per heavy atom. The van der Waals surface area contributed by atoms with Crippen molar-refractivity contribution in [3.05, 3.63) is 59.2 Å². The minimum atomic E-state index is -3.55. The molecule has 112 valence electrons. The lowest BCUT2D eigenvalue weighted by Crippen LogP contribution is -2.13. The van der Waals surface area contributed by atoms with Crippen molar-refractivity contribution < 1.29 is 8.42 Å². The van der Waals surface area contributed by atoms with Crippen molar-refractivity contribution in [2.24, 2.45) is 0 Å². The van der Waals surface area contributed by atoms with Crippen LogP contribution in [0.1, 0.15) is 16.7 Å². The summed E-state index contributed by atoms with van der Waals surface area (Å²) in [5.74, 6) is 0. The van der Waals surface area contributed by atoms with Gasteiger partial charge >= 0.3 is 0 Å². The monoisotopic (exact) mass is 304 g/mol. The van der Waals surface area contributed by atoms with Gasteiger partial charge in [0, 0.05) is 12.2 Å². The predicted octanol–water partition coefficient (Wildman–Crippen LogP) is 2.82. The molecule has 0 atom stereocenters. The fourth-order valence-electron chi connectivity index (χ4n) is 2.01. The smallest absolute Gasteiger partial charge is 0.261 e. The average molecular weight is 304 g/mol. The second kappa shape index (κ2) is 6.28. The summed E-state index contributed by atoms with van der Waals surface area (Å²) in [7, 11) is -1.69. The second-order valence-electron chi connectivity index (χ2n) is 5.08. The third-order valence-corrected chi connectivity index (χ3v) is 4.77. The van der Waals surface area contributed by atoms with Gasteiger partial charge in [0.2, 0.25) is 0 Å². The quantitative estimate of drug-likeness (QED) is 0.893. The van der Waals surface area contributed by atoms with E-state index in [0.29, 0.717) is 12.2 Å². The van der Waals surface area contributed by atoms with Gasteiger partial charge in [-0.1, -0.05) is 18.2 Å². The van der Waals surface area contributed by atoms with E-state index in [4.69, 9.17) is 0 Å². The number of benzene rings is 2. The van der Waals surface area contributed by atoms with Gasteiger partial charge in [-0.15, -0.1) is 0 Å². The molecule has 0 heterocycles. The molecule has 0 saturated carbocycles. The van der Waals surface area contributed by atoms with E-state index >= 15 is 0 Å². The second-order valence-corrected chi connectivity index (χ2v) is 6.76. The highest BCUT2D eigenvalue weighted by molar-refractivity contribution is 7.92. The molecule has 0 bridgehead atoms. The molecule has 0 aliphatic rings. The van der Waals surface area contributed by atoms with Crippen LogP contribution in [0.15, 0.2) is 47.4 Å². The molecule has 2 rings (SSSR count). The molecule has 2 aromatic carbocycles. The Morgan fingerprint density at radius 1 is 0.952 bits per heavy atom. The zero-order chi connectivity index (χ0) is 15.5. The maximum Gasteiger partial charge on any atom is 0.261 e. The third-order valence-electron chi connectivity index (χ3n) is 3.37. The van der Waals surface area contributed by atoms with Crippen LogP contribution in [0.4, 0.5) is 5.69 Å². The molecule has 0 fully saturated rings. The van der Waals surface area contributed by atoms with Crippen molar-refractivity contribution in [2.45, 2.75) is 25.3 Å². The van der Waals surface area contributed by atoms with Crippen LogP contribution in [0, 0.1) is 13.8 Å².